The van der Waals surface area contributed by atoms with Gasteiger partial charge in [0.1, 0.15) is 11.5 Å². The van der Waals surface area contributed by atoms with Crippen molar-refractivity contribution in [3.63, 3.8) is 0 Å². The van der Waals surface area contributed by atoms with E-state index < -0.39 is 17.7 Å². The van der Waals surface area contributed by atoms with E-state index >= 15 is 0 Å². The summed E-state index contributed by atoms with van der Waals surface area (Å²) in [5, 5.41) is 13.0. The summed E-state index contributed by atoms with van der Waals surface area (Å²) in [6, 6.07) is 10.2. The van der Waals surface area contributed by atoms with Crippen LogP contribution in [0.4, 0.5) is 0 Å². The van der Waals surface area contributed by atoms with Crippen molar-refractivity contribution in [1.29, 1.82) is 0 Å². The lowest BCUT2D eigenvalue weighted by molar-refractivity contribution is -0.140. The summed E-state index contributed by atoms with van der Waals surface area (Å²) in [7, 11) is 0. The molecule has 2 aromatic rings. The van der Waals surface area contributed by atoms with Gasteiger partial charge in [-0.2, -0.15) is 0 Å². The fourth-order valence-electron chi connectivity index (χ4n) is 4.26. The van der Waals surface area contributed by atoms with E-state index in [0.29, 0.717) is 17.9 Å². The Hall–Kier alpha value is -2.68. The lowest BCUT2D eigenvalue weighted by Crippen LogP contribution is -2.38. The first-order valence-electron chi connectivity index (χ1n) is 11.3. The molecule has 1 N–H and O–H groups in total. The molecule has 4 rings (SSSR count). The molecule has 2 fully saturated rings. The fraction of sp³-hybridized carbons (Fsp3) is 0.440. The van der Waals surface area contributed by atoms with E-state index in [1.165, 1.54) is 11.3 Å². The third-order valence-electron chi connectivity index (χ3n) is 5.83. The minimum absolute atomic E-state index is 0.0334. The summed E-state index contributed by atoms with van der Waals surface area (Å²) in [5.74, 6) is -0.671. The zero-order valence-corrected chi connectivity index (χ0v) is 19.8. The zero-order chi connectivity index (χ0) is 23.4. The molecule has 1 amide bonds. The molecule has 33 heavy (non-hydrogen) atoms. The Morgan fingerprint density at radius 2 is 1.88 bits per heavy atom. The van der Waals surface area contributed by atoms with Crippen LogP contribution in [0.5, 0.6) is 5.75 Å². The Morgan fingerprint density at radius 3 is 2.52 bits per heavy atom. The largest absolute Gasteiger partial charge is 0.507 e. The number of ether oxygens (including phenoxy) is 2. The van der Waals surface area contributed by atoms with Crippen LogP contribution < -0.4 is 4.74 Å². The molecule has 0 spiro atoms. The van der Waals surface area contributed by atoms with Gasteiger partial charge in [-0.25, -0.2) is 0 Å². The second-order valence-electron chi connectivity index (χ2n) is 8.51. The highest BCUT2D eigenvalue weighted by atomic mass is 32.1. The Kier molecular flexibility index (Phi) is 7.47. The average Bonchev–Trinajstić information content (AvgIpc) is 3.42. The molecule has 8 heteroatoms. The molecule has 2 aliphatic rings. The second-order valence-corrected chi connectivity index (χ2v) is 9.49. The summed E-state index contributed by atoms with van der Waals surface area (Å²) in [5.41, 5.74) is 0.630. The molecular formula is C25H30N2O5S. The monoisotopic (exact) mass is 470 g/mol. The molecule has 2 saturated heterocycles. The maximum absolute atomic E-state index is 13.1. The third kappa shape index (κ3) is 5.29. The number of aliphatic hydroxyl groups is 1. The topological polar surface area (TPSA) is 79.3 Å². The quantitative estimate of drug-likeness (QED) is 0.360. The van der Waals surface area contributed by atoms with Gasteiger partial charge in [-0.1, -0.05) is 6.07 Å². The zero-order valence-electron chi connectivity index (χ0n) is 19.0. The van der Waals surface area contributed by atoms with Crippen molar-refractivity contribution in [2.45, 2.75) is 32.4 Å². The van der Waals surface area contributed by atoms with Crippen molar-refractivity contribution in [1.82, 2.24) is 9.80 Å². The predicted octanol–water partition coefficient (Wildman–Crippen LogP) is 3.68. The van der Waals surface area contributed by atoms with Crippen LogP contribution in [0.2, 0.25) is 0 Å². The normalized spacial score (nSPS) is 21.2. The first kappa shape index (κ1) is 23.5. The lowest BCUT2D eigenvalue weighted by atomic mass is 10.00. The molecule has 0 aliphatic carbocycles. The number of benzene rings is 1. The molecular weight excluding hydrogens is 440 g/mol. The van der Waals surface area contributed by atoms with Crippen LogP contribution in [-0.4, -0.2) is 72.1 Å². The van der Waals surface area contributed by atoms with Gasteiger partial charge >= 0.3 is 0 Å². The highest BCUT2D eigenvalue weighted by Gasteiger charge is 2.46. The number of likely N-dealkylation sites (tertiary alicyclic amines) is 1. The minimum Gasteiger partial charge on any atom is -0.507 e. The molecule has 176 valence electrons. The molecule has 0 unspecified atom stereocenters. The van der Waals surface area contributed by atoms with E-state index in [2.05, 4.69) is 4.90 Å². The van der Waals surface area contributed by atoms with Gasteiger partial charge in [0.05, 0.1) is 30.9 Å². The smallest absolute Gasteiger partial charge is 0.295 e. The van der Waals surface area contributed by atoms with E-state index in [4.69, 9.17) is 9.47 Å². The summed E-state index contributed by atoms with van der Waals surface area (Å²) in [4.78, 5) is 30.8. The number of hydrogen-bond donors (Lipinski definition) is 1. The van der Waals surface area contributed by atoms with Crippen LogP contribution >= 0.6 is 11.3 Å². The van der Waals surface area contributed by atoms with E-state index in [1.807, 2.05) is 31.4 Å². The number of hydrogen-bond acceptors (Lipinski definition) is 7. The second kappa shape index (κ2) is 10.5. The van der Waals surface area contributed by atoms with Gasteiger partial charge in [0.2, 0.25) is 0 Å². The van der Waals surface area contributed by atoms with Gasteiger partial charge in [0.25, 0.3) is 11.7 Å². The van der Waals surface area contributed by atoms with Crippen molar-refractivity contribution in [3.05, 3.63) is 57.8 Å². The first-order valence-corrected chi connectivity index (χ1v) is 12.2. The Balaban J connectivity index is 1.59. The van der Waals surface area contributed by atoms with Gasteiger partial charge in [0.15, 0.2) is 0 Å². The third-order valence-corrected chi connectivity index (χ3v) is 6.75. The number of thiophene rings is 1. The van der Waals surface area contributed by atoms with Crippen LogP contribution in [-0.2, 0) is 14.3 Å². The summed E-state index contributed by atoms with van der Waals surface area (Å²) >= 11 is 1.48. The van der Waals surface area contributed by atoms with Crippen molar-refractivity contribution in [3.8, 4) is 5.75 Å². The Bertz CT molecular complexity index is 994. The van der Waals surface area contributed by atoms with Crippen molar-refractivity contribution >= 4 is 28.8 Å². The molecule has 2 aliphatic heterocycles. The van der Waals surface area contributed by atoms with Crippen LogP contribution in [0.1, 0.15) is 36.8 Å². The number of carbonyl (C=O) groups is 2. The number of Topliss-reactive ketones (excluding diaryl/α,β-unsaturated/α-hetero) is 1. The fourth-order valence-corrected chi connectivity index (χ4v) is 5.11. The Labute approximate surface area is 198 Å². The summed E-state index contributed by atoms with van der Waals surface area (Å²) < 4.78 is 11.1. The van der Waals surface area contributed by atoms with Crippen LogP contribution in [0.3, 0.4) is 0 Å². The van der Waals surface area contributed by atoms with Crippen molar-refractivity contribution < 1.29 is 24.2 Å². The number of aliphatic hydroxyl groups excluding tert-OH is 1. The van der Waals surface area contributed by atoms with Gasteiger partial charge in [-0.15, -0.1) is 11.3 Å². The molecule has 0 saturated carbocycles. The van der Waals surface area contributed by atoms with E-state index in [1.54, 1.807) is 29.2 Å². The first-order chi connectivity index (χ1) is 16.0. The molecule has 0 bridgehead atoms. The summed E-state index contributed by atoms with van der Waals surface area (Å²) in [6.45, 7) is 8.36. The number of morpholine rings is 1. The number of rotatable bonds is 8. The van der Waals surface area contributed by atoms with Crippen LogP contribution in [0, 0.1) is 0 Å². The average molecular weight is 471 g/mol. The highest BCUT2D eigenvalue weighted by Crippen LogP contribution is 2.41. The highest BCUT2D eigenvalue weighted by molar-refractivity contribution is 7.10. The lowest BCUT2D eigenvalue weighted by Gasteiger charge is -2.28. The number of nitrogens with zero attached hydrogens (tertiary/aromatic N) is 2. The summed E-state index contributed by atoms with van der Waals surface area (Å²) in [6.07, 6.45) is 0.780. The predicted molar refractivity (Wildman–Crippen MR) is 127 cm³/mol. The maximum atomic E-state index is 13.1. The number of ketones is 1. The number of amides is 1. The minimum atomic E-state index is -0.639. The van der Waals surface area contributed by atoms with E-state index in [-0.39, 0.29) is 17.4 Å². The molecule has 7 nitrogen and oxygen atoms in total. The van der Waals surface area contributed by atoms with Gasteiger partial charge in [-0.3, -0.25) is 14.5 Å². The molecule has 3 heterocycles. The van der Waals surface area contributed by atoms with E-state index in [9.17, 15) is 14.7 Å². The van der Waals surface area contributed by atoms with Gasteiger partial charge in [0, 0.05) is 36.6 Å². The van der Waals surface area contributed by atoms with Crippen molar-refractivity contribution in [2.24, 2.45) is 0 Å². The SMILES string of the molecule is CC(C)Oc1ccc(C(O)=C2C(=O)C(=O)N(CCCN3CCOCC3)[C@@H]2c2cccs2)cc1. The van der Waals surface area contributed by atoms with Gasteiger partial charge in [-0.05, 0) is 56.0 Å². The van der Waals surface area contributed by atoms with Crippen LogP contribution in [0.25, 0.3) is 5.76 Å². The molecule has 1 atom stereocenters. The Morgan fingerprint density at radius 1 is 1.15 bits per heavy atom. The van der Waals surface area contributed by atoms with Crippen molar-refractivity contribution in [2.75, 3.05) is 39.4 Å². The molecule has 1 aromatic carbocycles. The van der Waals surface area contributed by atoms with Crippen LogP contribution in [0.15, 0.2) is 47.4 Å². The standard InChI is InChI=1S/C25H30N2O5S/c1-17(2)32-19-8-6-18(7-9-19)23(28)21-22(20-5-3-16-33-20)27(25(30)24(21)29)11-4-10-26-12-14-31-15-13-26/h3,5-9,16-17,22,28H,4,10-15H2,1-2H3/t22-/m1/s1. The molecule has 0 radical (unpaired) electrons. The van der Waals surface area contributed by atoms with E-state index in [0.717, 1.165) is 44.1 Å². The van der Waals surface area contributed by atoms with Gasteiger partial charge < -0.3 is 19.5 Å². The molecule has 1 aromatic heterocycles. The maximum Gasteiger partial charge on any atom is 0.295 e. The number of carbonyl (C=O) groups excluding carboxylic acids is 2.